The van der Waals surface area contributed by atoms with Crippen molar-refractivity contribution in [1.29, 1.82) is 0 Å². The molecule has 0 fully saturated rings. The van der Waals surface area contributed by atoms with Gasteiger partial charge in [-0.1, -0.05) is 12.2 Å². The van der Waals surface area contributed by atoms with Crippen LogP contribution in [0.15, 0.2) is 18.2 Å². The van der Waals surface area contributed by atoms with E-state index in [4.69, 9.17) is 18.0 Å². The van der Waals surface area contributed by atoms with Crippen LogP contribution in [0.5, 0.6) is 0 Å². The lowest BCUT2D eigenvalue weighted by molar-refractivity contribution is 0.254. The molecule has 0 spiro atoms. The number of halogens is 2. The third-order valence-electron chi connectivity index (χ3n) is 2.60. The third-order valence-corrected chi connectivity index (χ3v) is 2.77. The summed E-state index contributed by atoms with van der Waals surface area (Å²) in [5.41, 5.74) is 6.05. The minimum atomic E-state index is -0.560. The van der Waals surface area contributed by atoms with Gasteiger partial charge in [-0.3, -0.25) is 4.90 Å². The molecule has 17 heavy (non-hydrogen) atoms. The van der Waals surface area contributed by atoms with Crippen molar-refractivity contribution in [2.24, 2.45) is 5.73 Å². The van der Waals surface area contributed by atoms with Gasteiger partial charge in [0.05, 0.1) is 4.99 Å². The zero-order valence-corrected chi connectivity index (χ0v) is 10.7. The first-order valence-corrected chi connectivity index (χ1v) is 5.73. The van der Waals surface area contributed by atoms with E-state index >= 15 is 0 Å². The van der Waals surface area contributed by atoms with E-state index in [2.05, 4.69) is 0 Å². The number of rotatable bonds is 5. The van der Waals surface area contributed by atoms with Crippen LogP contribution in [0, 0.1) is 11.6 Å². The van der Waals surface area contributed by atoms with E-state index in [0.717, 1.165) is 6.07 Å². The average molecular weight is 258 g/mol. The van der Waals surface area contributed by atoms with Gasteiger partial charge in [0.1, 0.15) is 11.6 Å². The Morgan fingerprint density at radius 3 is 2.35 bits per heavy atom. The summed E-state index contributed by atoms with van der Waals surface area (Å²) in [6.45, 7) is 2.42. The van der Waals surface area contributed by atoms with Crippen molar-refractivity contribution < 1.29 is 8.78 Å². The fourth-order valence-corrected chi connectivity index (χ4v) is 1.83. The summed E-state index contributed by atoms with van der Waals surface area (Å²) >= 11 is 4.83. The van der Waals surface area contributed by atoms with Gasteiger partial charge in [-0.25, -0.2) is 8.78 Å². The van der Waals surface area contributed by atoms with Crippen molar-refractivity contribution in [3.05, 3.63) is 35.4 Å². The highest BCUT2D eigenvalue weighted by Crippen LogP contribution is 2.12. The minimum absolute atomic E-state index is 0.138. The van der Waals surface area contributed by atoms with Gasteiger partial charge in [-0.15, -0.1) is 0 Å². The van der Waals surface area contributed by atoms with Crippen molar-refractivity contribution in [2.75, 3.05) is 7.05 Å². The van der Waals surface area contributed by atoms with Crippen molar-refractivity contribution in [3.63, 3.8) is 0 Å². The highest BCUT2D eigenvalue weighted by Gasteiger charge is 2.11. The Bertz CT molecular complexity index is 389. The molecule has 1 rings (SSSR count). The molecule has 0 saturated carbocycles. The van der Waals surface area contributed by atoms with Crippen LogP contribution in [0.25, 0.3) is 0 Å². The second-order valence-corrected chi connectivity index (χ2v) is 4.74. The van der Waals surface area contributed by atoms with Crippen molar-refractivity contribution >= 4 is 17.2 Å². The number of thiocarbonyl (C=S) groups is 1. The molecule has 0 bridgehead atoms. The van der Waals surface area contributed by atoms with E-state index in [9.17, 15) is 8.78 Å². The van der Waals surface area contributed by atoms with E-state index < -0.39 is 11.6 Å². The van der Waals surface area contributed by atoms with Crippen molar-refractivity contribution in [3.8, 4) is 0 Å². The predicted molar refractivity (Wildman–Crippen MR) is 68.7 cm³/mol. The normalized spacial score (nSPS) is 12.8. The molecule has 0 amide bonds. The topological polar surface area (TPSA) is 29.3 Å². The first kappa shape index (κ1) is 14.0. The van der Waals surface area contributed by atoms with Crippen LogP contribution in [0.3, 0.4) is 0 Å². The van der Waals surface area contributed by atoms with Gasteiger partial charge in [-0.2, -0.15) is 0 Å². The molecule has 1 aromatic carbocycles. The van der Waals surface area contributed by atoms with Gasteiger partial charge in [0.25, 0.3) is 0 Å². The highest BCUT2D eigenvalue weighted by atomic mass is 32.1. The van der Waals surface area contributed by atoms with E-state index in [1.807, 2.05) is 18.9 Å². The number of nitrogens with two attached hydrogens (primary N) is 1. The molecular formula is C12H16F2N2S. The molecule has 0 aromatic heterocycles. The monoisotopic (exact) mass is 258 g/mol. The Hall–Kier alpha value is -1.07. The lowest BCUT2D eigenvalue weighted by Crippen LogP contribution is -2.32. The molecular weight excluding hydrogens is 242 g/mol. The van der Waals surface area contributed by atoms with E-state index in [0.29, 0.717) is 23.5 Å². The van der Waals surface area contributed by atoms with Crippen LogP contribution in [0.2, 0.25) is 0 Å². The summed E-state index contributed by atoms with van der Waals surface area (Å²) in [6.07, 6.45) is 0.587. The summed E-state index contributed by atoms with van der Waals surface area (Å²) in [7, 11) is 1.87. The minimum Gasteiger partial charge on any atom is -0.393 e. The van der Waals surface area contributed by atoms with Crippen molar-refractivity contribution in [2.45, 2.75) is 25.9 Å². The van der Waals surface area contributed by atoms with Gasteiger partial charge in [0.2, 0.25) is 0 Å². The molecule has 0 aliphatic rings. The molecule has 1 atom stereocenters. The second kappa shape index (κ2) is 6.02. The number of benzene rings is 1. The quantitative estimate of drug-likeness (QED) is 0.823. The largest absolute Gasteiger partial charge is 0.393 e. The fraction of sp³-hybridized carbons (Fsp3) is 0.417. The van der Waals surface area contributed by atoms with Crippen LogP contribution in [-0.4, -0.2) is 23.0 Å². The van der Waals surface area contributed by atoms with E-state index in [1.165, 1.54) is 12.1 Å². The Morgan fingerprint density at radius 2 is 1.88 bits per heavy atom. The summed E-state index contributed by atoms with van der Waals surface area (Å²) < 4.78 is 26.0. The molecule has 0 radical (unpaired) electrons. The molecule has 0 aliphatic heterocycles. The third kappa shape index (κ3) is 4.75. The maximum atomic E-state index is 13.0. The molecule has 94 valence electrons. The van der Waals surface area contributed by atoms with Crippen LogP contribution in [-0.2, 0) is 6.54 Å². The Morgan fingerprint density at radius 1 is 1.35 bits per heavy atom. The standard InChI is InChI=1S/C12H16F2N2S/c1-8(3-12(15)17)16(2)7-9-4-10(13)6-11(14)5-9/h4-6,8H,3,7H2,1-2H3,(H2,15,17). The summed E-state index contributed by atoms with van der Waals surface area (Å²) in [5, 5.41) is 0. The Balaban J connectivity index is 2.66. The summed E-state index contributed by atoms with van der Waals surface area (Å²) in [5.74, 6) is -1.12. The number of nitrogens with zero attached hydrogens (tertiary/aromatic N) is 1. The van der Waals surface area contributed by atoms with Gasteiger partial charge < -0.3 is 5.73 Å². The number of hydrogen-bond donors (Lipinski definition) is 1. The predicted octanol–water partition coefficient (Wildman–Crippen LogP) is 2.46. The van der Waals surface area contributed by atoms with Crippen molar-refractivity contribution in [1.82, 2.24) is 4.90 Å². The van der Waals surface area contributed by atoms with Gasteiger partial charge >= 0.3 is 0 Å². The number of hydrogen-bond acceptors (Lipinski definition) is 2. The molecule has 1 unspecified atom stereocenters. The molecule has 0 heterocycles. The Kier molecular flexibility index (Phi) is 4.96. The average Bonchev–Trinajstić information content (AvgIpc) is 2.14. The summed E-state index contributed by atoms with van der Waals surface area (Å²) in [6, 6.07) is 3.65. The molecule has 2 nitrogen and oxygen atoms in total. The van der Waals surface area contributed by atoms with Crippen LogP contribution in [0.4, 0.5) is 8.78 Å². The van der Waals surface area contributed by atoms with Crippen LogP contribution < -0.4 is 5.73 Å². The van der Waals surface area contributed by atoms with Gasteiger partial charge in [-0.05, 0) is 31.7 Å². The van der Waals surface area contributed by atoms with Gasteiger partial charge in [0.15, 0.2) is 0 Å². The smallest absolute Gasteiger partial charge is 0.126 e. The first-order valence-electron chi connectivity index (χ1n) is 5.32. The van der Waals surface area contributed by atoms with E-state index in [-0.39, 0.29) is 6.04 Å². The van der Waals surface area contributed by atoms with Gasteiger partial charge in [0, 0.05) is 25.1 Å². The van der Waals surface area contributed by atoms with E-state index in [1.54, 1.807) is 0 Å². The summed E-state index contributed by atoms with van der Waals surface area (Å²) in [4.78, 5) is 2.39. The maximum absolute atomic E-state index is 13.0. The molecule has 0 aliphatic carbocycles. The molecule has 0 saturated heterocycles. The lowest BCUT2D eigenvalue weighted by atomic mass is 10.1. The zero-order chi connectivity index (χ0) is 13.0. The second-order valence-electron chi connectivity index (χ2n) is 4.21. The fourth-order valence-electron chi connectivity index (χ4n) is 1.59. The maximum Gasteiger partial charge on any atom is 0.126 e. The highest BCUT2D eigenvalue weighted by molar-refractivity contribution is 7.80. The van der Waals surface area contributed by atoms with Crippen LogP contribution >= 0.6 is 12.2 Å². The lowest BCUT2D eigenvalue weighted by Gasteiger charge is -2.24. The molecule has 2 N–H and O–H groups in total. The molecule has 1 aromatic rings. The molecule has 5 heteroatoms. The zero-order valence-electron chi connectivity index (χ0n) is 9.91. The van der Waals surface area contributed by atoms with Crippen LogP contribution in [0.1, 0.15) is 18.9 Å². The Labute approximate surface area is 105 Å². The first-order chi connectivity index (χ1) is 7.88. The SMILES string of the molecule is CC(CC(N)=S)N(C)Cc1cc(F)cc(F)c1.